The molecule has 1 fully saturated rings. The van der Waals surface area contributed by atoms with Crippen molar-refractivity contribution in [3.05, 3.63) is 60.9 Å². The minimum absolute atomic E-state index is 0.0910. The van der Waals surface area contributed by atoms with E-state index in [-0.39, 0.29) is 11.8 Å². The maximum atomic E-state index is 12.9. The molecule has 0 radical (unpaired) electrons. The molecule has 37 heavy (non-hydrogen) atoms. The van der Waals surface area contributed by atoms with Crippen molar-refractivity contribution in [2.75, 3.05) is 42.5 Å². The molecule has 4 aromatic rings. The number of hydrogen-bond donors (Lipinski definition) is 0. The van der Waals surface area contributed by atoms with Gasteiger partial charge in [-0.15, -0.1) is 0 Å². The third-order valence-electron chi connectivity index (χ3n) is 7.42. The average Bonchev–Trinajstić information content (AvgIpc) is 3.52. The summed E-state index contributed by atoms with van der Waals surface area (Å²) < 4.78 is 4.03. The topological polar surface area (TPSA) is 79.5 Å². The smallest absolute Gasteiger partial charge is 0.229 e. The lowest BCUT2D eigenvalue weighted by Crippen LogP contribution is -2.49. The SMILES string of the molecule is Cn1cc(-c2cc3n(n2)CCC(=O)N3CCCC(=O)N2CCN(c3ccccn3)CC2)c2ccccc21. The van der Waals surface area contributed by atoms with E-state index < -0.39 is 0 Å². The Balaban J connectivity index is 1.09. The quantitative estimate of drug-likeness (QED) is 0.408. The molecule has 0 atom stereocenters. The van der Waals surface area contributed by atoms with Crippen LogP contribution in [-0.2, 0) is 23.2 Å². The lowest BCUT2D eigenvalue weighted by Gasteiger charge is -2.35. The van der Waals surface area contributed by atoms with E-state index in [1.165, 1.54) is 0 Å². The number of carbonyl (C=O) groups excluding carboxylic acids is 2. The summed E-state index contributed by atoms with van der Waals surface area (Å²) in [6, 6.07) is 16.2. The Morgan fingerprint density at radius 2 is 1.81 bits per heavy atom. The number of aromatic nitrogens is 4. The predicted molar refractivity (Wildman–Crippen MR) is 143 cm³/mol. The van der Waals surface area contributed by atoms with Gasteiger partial charge in [0.05, 0.1) is 12.2 Å². The van der Waals surface area contributed by atoms with Crippen LogP contribution in [0.2, 0.25) is 0 Å². The maximum Gasteiger partial charge on any atom is 0.229 e. The number of para-hydroxylation sites is 1. The lowest BCUT2D eigenvalue weighted by atomic mass is 10.1. The second-order valence-electron chi connectivity index (χ2n) is 9.74. The molecule has 5 heterocycles. The van der Waals surface area contributed by atoms with Gasteiger partial charge in [-0.05, 0) is 24.6 Å². The molecule has 0 aliphatic carbocycles. The van der Waals surface area contributed by atoms with Gasteiger partial charge in [0.1, 0.15) is 11.6 Å². The monoisotopic (exact) mass is 497 g/mol. The van der Waals surface area contributed by atoms with Crippen molar-refractivity contribution < 1.29 is 9.59 Å². The van der Waals surface area contributed by atoms with Gasteiger partial charge < -0.3 is 14.4 Å². The van der Waals surface area contributed by atoms with Gasteiger partial charge in [-0.1, -0.05) is 24.3 Å². The molecule has 190 valence electrons. The molecule has 0 saturated carbocycles. The molecule has 9 heteroatoms. The maximum absolute atomic E-state index is 12.9. The van der Waals surface area contributed by atoms with E-state index in [1.807, 2.05) is 53.0 Å². The minimum Gasteiger partial charge on any atom is -0.353 e. The van der Waals surface area contributed by atoms with Crippen molar-refractivity contribution in [3.63, 3.8) is 0 Å². The molecule has 2 amide bonds. The van der Waals surface area contributed by atoms with Gasteiger partial charge in [0.2, 0.25) is 11.8 Å². The Labute approximate surface area is 215 Å². The molecule has 0 N–H and O–H groups in total. The van der Waals surface area contributed by atoms with Crippen LogP contribution in [0.25, 0.3) is 22.2 Å². The Morgan fingerprint density at radius 1 is 1.00 bits per heavy atom. The third kappa shape index (κ3) is 4.45. The van der Waals surface area contributed by atoms with E-state index in [4.69, 9.17) is 5.10 Å². The molecule has 2 aliphatic rings. The second-order valence-corrected chi connectivity index (χ2v) is 9.74. The number of piperazine rings is 1. The number of hydrogen-bond acceptors (Lipinski definition) is 5. The van der Waals surface area contributed by atoms with Crippen LogP contribution in [0, 0.1) is 0 Å². The number of anilines is 2. The van der Waals surface area contributed by atoms with Crippen molar-refractivity contribution in [3.8, 4) is 11.3 Å². The van der Waals surface area contributed by atoms with Crippen molar-refractivity contribution in [2.24, 2.45) is 7.05 Å². The fraction of sp³-hybridized carbons (Fsp3) is 0.357. The predicted octanol–water partition coefficient (Wildman–Crippen LogP) is 3.30. The first-order valence-corrected chi connectivity index (χ1v) is 12.9. The van der Waals surface area contributed by atoms with Gasteiger partial charge in [0, 0.05) is 87.5 Å². The highest BCUT2D eigenvalue weighted by Gasteiger charge is 2.28. The summed E-state index contributed by atoms with van der Waals surface area (Å²) in [4.78, 5) is 36.1. The molecule has 1 saturated heterocycles. The number of pyridine rings is 1. The highest BCUT2D eigenvalue weighted by molar-refractivity contribution is 5.98. The van der Waals surface area contributed by atoms with Gasteiger partial charge in [0.15, 0.2) is 0 Å². The van der Waals surface area contributed by atoms with Gasteiger partial charge in [0.25, 0.3) is 0 Å². The summed E-state index contributed by atoms with van der Waals surface area (Å²) in [5.41, 5.74) is 3.08. The van der Waals surface area contributed by atoms with Crippen LogP contribution in [0.15, 0.2) is 60.9 Å². The largest absolute Gasteiger partial charge is 0.353 e. The first kappa shape index (κ1) is 23.3. The Kier molecular flexibility index (Phi) is 6.12. The number of carbonyl (C=O) groups is 2. The number of nitrogens with zero attached hydrogens (tertiary/aromatic N) is 7. The molecule has 9 nitrogen and oxygen atoms in total. The molecular weight excluding hydrogens is 466 g/mol. The standard InChI is InChI=1S/C28H31N7O2/c1-31-20-22(21-7-2-3-8-24(21)31)23-19-26-34(28(37)11-14-35(26)30-23)13-6-10-27(36)33-17-15-32(16-18-33)25-9-4-5-12-29-25/h2-5,7-9,12,19-20H,6,10-11,13-18H2,1H3. The summed E-state index contributed by atoms with van der Waals surface area (Å²) >= 11 is 0. The number of benzene rings is 1. The third-order valence-corrected chi connectivity index (χ3v) is 7.42. The fourth-order valence-corrected chi connectivity index (χ4v) is 5.44. The van der Waals surface area contributed by atoms with Crippen molar-refractivity contribution >= 4 is 34.4 Å². The fourth-order valence-electron chi connectivity index (χ4n) is 5.44. The van der Waals surface area contributed by atoms with E-state index in [9.17, 15) is 9.59 Å². The number of rotatable bonds is 6. The summed E-state index contributed by atoms with van der Waals surface area (Å²) in [5.74, 6) is 2.01. The summed E-state index contributed by atoms with van der Waals surface area (Å²) in [6.45, 7) is 4.04. The number of aryl methyl sites for hydroxylation is 2. The molecular formula is C28H31N7O2. The van der Waals surface area contributed by atoms with Crippen LogP contribution in [0.4, 0.5) is 11.6 Å². The number of fused-ring (bicyclic) bond motifs is 2. The summed E-state index contributed by atoms with van der Waals surface area (Å²) in [5, 5.41) is 5.99. The Hall–Kier alpha value is -4.14. The normalized spacial score (nSPS) is 15.9. The summed E-state index contributed by atoms with van der Waals surface area (Å²) in [6.07, 6.45) is 5.37. The van der Waals surface area contributed by atoms with E-state index >= 15 is 0 Å². The zero-order valence-electron chi connectivity index (χ0n) is 21.1. The first-order valence-electron chi connectivity index (χ1n) is 12.9. The van der Waals surface area contributed by atoms with E-state index in [0.717, 1.165) is 46.9 Å². The molecule has 0 spiro atoms. The first-order chi connectivity index (χ1) is 18.1. The van der Waals surface area contributed by atoms with Crippen molar-refractivity contribution in [1.29, 1.82) is 0 Å². The van der Waals surface area contributed by atoms with Crippen LogP contribution in [0.1, 0.15) is 19.3 Å². The van der Waals surface area contributed by atoms with E-state index in [2.05, 4.69) is 32.8 Å². The molecule has 0 unspecified atom stereocenters. The van der Waals surface area contributed by atoms with Gasteiger partial charge >= 0.3 is 0 Å². The van der Waals surface area contributed by atoms with E-state index in [0.29, 0.717) is 45.4 Å². The Morgan fingerprint density at radius 3 is 2.62 bits per heavy atom. The molecule has 1 aromatic carbocycles. The van der Waals surface area contributed by atoms with Crippen LogP contribution in [-0.4, -0.2) is 68.8 Å². The van der Waals surface area contributed by atoms with Crippen LogP contribution >= 0.6 is 0 Å². The number of amides is 2. The second kappa shape index (κ2) is 9.72. The zero-order valence-corrected chi connectivity index (χ0v) is 21.1. The van der Waals surface area contributed by atoms with Gasteiger partial charge in [-0.25, -0.2) is 9.67 Å². The van der Waals surface area contributed by atoms with E-state index in [1.54, 1.807) is 11.1 Å². The molecule has 0 bridgehead atoms. The Bertz CT molecular complexity index is 1430. The van der Waals surface area contributed by atoms with Gasteiger partial charge in [-0.3, -0.25) is 14.5 Å². The van der Waals surface area contributed by atoms with Crippen LogP contribution < -0.4 is 9.80 Å². The van der Waals surface area contributed by atoms with Crippen molar-refractivity contribution in [2.45, 2.75) is 25.8 Å². The molecule has 3 aromatic heterocycles. The average molecular weight is 498 g/mol. The highest BCUT2D eigenvalue weighted by Crippen LogP contribution is 2.33. The highest BCUT2D eigenvalue weighted by atomic mass is 16.2. The zero-order chi connectivity index (χ0) is 25.4. The minimum atomic E-state index is 0.0910. The van der Waals surface area contributed by atoms with Crippen molar-refractivity contribution in [1.82, 2.24) is 24.2 Å². The summed E-state index contributed by atoms with van der Waals surface area (Å²) in [7, 11) is 2.03. The van der Waals surface area contributed by atoms with Crippen LogP contribution in [0.3, 0.4) is 0 Å². The molecule has 6 rings (SSSR count). The molecule has 2 aliphatic heterocycles. The van der Waals surface area contributed by atoms with Crippen LogP contribution in [0.5, 0.6) is 0 Å². The van der Waals surface area contributed by atoms with Gasteiger partial charge in [-0.2, -0.15) is 5.10 Å². The lowest BCUT2D eigenvalue weighted by molar-refractivity contribution is -0.131.